The highest BCUT2D eigenvalue weighted by Crippen LogP contribution is 2.22. The third-order valence-corrected chi connectivity index (χ3v) is 3.89. The highest BCUT2D eigenvalue weighted by atomic mass is 79.9. The van der Waals surface area contributed by atoms with E-state index in [0.29, 0.717) is 5.69 Å². The summed E-state index contributed by atoms with van der Waals surface area (Å²) in [4.78, 5) is 5.25. The molecule has 0 spiro atoms. The lowest BCUT2D eigenvalue weighted by atomic mass is 10.3. The quantitative estimate of drug-likeness (QED) is 0.941. The second kappa shape index (κ2) is 5.80. The molecule has 0 radical (unpaired) electrons. The van der Waals surface area contributed by atoms with E-state index in [1.165, 1.54) is 4.88 Å². The van der Waals surface area contributed by atoms with E-state index in [1.807, 2.05) is 12.1 Å². The minimum absolute atomic E-state index is 0.439. The Morgan fingerprint density at radius 1 is 1.41 bits per heavy atom. The van der Waals surface area contributed by atoms with Crippen LogP contribution in [0.2, 0.25) is 0 Å². The summed E-state index contributed by atoms with van der Waals surface area (Å²) in [6, 6.07) is 9.81. The van der Waals surface area contributed by atoms with Crippen LogP contribution in [-0.4, -0.2) is 11.5 Å². The van der Waals surface area contributed by atoms with Gasteiger partial charge >= 0.3 is 0 Å². The molecular weight excluding hydrogens is 298 g/mol. The fourth-order valence-electron chi connectivity index (χ4n) is 1.42. The number of nitriles is 1. The summed E-state index contributed by atoms with van der Waals surface area (Å²) in [5, 5.41) is 12.0. The van der Waals surface area contributed by atoms with Crippen LogP contribution in [0.15, 0.2) is 34.2 Å². The largest absolute Gasteiger partial charge is 0.385 e. The molecule has 0 amide bonds. The minimum atomic E-state index is 0.439. The van der Waals surface area contributed by atoms with Gasteiger partial charge < -0.3 is 5.32 Å². The van der Waals surface area contributed by atoms with Gasteiger partial charge in [-0.1, -0.05) is 0 Å². The van der Waals surface area contributed by atoms with Crippen molar-refractivity contribution in [2.75, 3.05) is 11.9 Å². The number of anilines is 1. The Labute approximate surface area is 112 Å². The molecule has 2 rings (SSSR count). The number of pyridine rings is 1. The predicted molar refractivity (Wildman–Crippen MR) is 73.2 cm³/mol. The molecule has 2 aromatic rings. The van der Waals surface area contributed by atoms with E-state index >= 15 is 0 Å². The molecule has 0 saturated carbocycles. The molecule has 0 bridgehead atoms. The number of hydrogen-bond donors (Lipinski definition) is 1. The molecule has 0 aromatic carbocycles. The van der Waals surface area contributed by atoms with Gasteiger partial charge in [0, 0.05) is 23.3 Å². The van der Waals surface area contributed by atoms with Crippen LogP contribution < -0.4 is 5.32 Å². The third kappa shape index (κ3) is 3.55. The molecule has 0 atom stereocenters. The molecule has 1 N–H and O–H groups in total. The summed E-state index contributed by atoms with van der Waals surface area (Å²) < 4.78 is 1.16. The van der Waals surface area contributed by atoms with Gasteiger partial charge in [0.1, 0.15) is 11.8 Å². The van der Waals surface area contributed by atoms with Crippen molar-refractivity contribution in [2.24, 2.45) is 0 Å². The number of thiophene rings is 1. The Bertz CT molecular complexity index is 545. The lowest BCUT2D eigenvalue weighted by molar-refractivity contribution is 1.04. The van der Waals surface area contributed by atoms with Crippen LogP contribution in [0, 0.1) is 11.3 Å². The first-order valence-electron chi connectivity index (χ1n) is 5.12. The van der Waals surface area contributed by atoms with Crippen LogP contribution in [0.5, 0.6) is 0 Å². The van der Waals surface area contributed by atoms with Crippen LogP contribution >= 0.6 is 27.3 Å². The summed E-state index contributed by atoms with van der Waals surface area (Å²) in [6.45, 7) is 0.849. The monoisotopic (exact) mass is 307 g/mol. The summed E-state index contributed by atoms with van der Waals surface area (Å²) in [7, 11) is 0. The molecule has 0 aliphatic carbocycles. The van der Waals surface area contributed by atoms with E-state index < -0.39 is 0 Å². The van der Waals surface area contributed by atoms with Crippen LogP contribution in [-0.2, 0) is 6.42 Å². The van der Waals surface area contributed by atoms with E-state index in [-0.39, 0.29) is 0 Å². The number of nitrogens with zero attached hydrogens (tertiary/aromatic N) is 2. The van der Waals surface area contributed by atoms with Crippen LogP contribution in [0.4, 0.5) is 5.69 Å². The Balaban J connectivity index is 1.88. The normalized spacial score (nSPS) is 9.88. The lowest BCUT2D eigenvalue weighted by Gasteiger charge is -2.04. The first kappa shape index (κ1) is 12.1. The summed E-state index contributed by atoms with van der Waals surface area (Å²) in [5.41, 5.74) is 1.38. The highest BCUT2D eigenvalue weighted by Gasteiger charge is 1.99. The van der Waals surface area contributed by atoms with Crippen molar-refractivity contribution in [3.8, 4) is 6.07 Å². The minimum Gasteiger partial charge on any atom is -0.385 e. The summed E-state index contributed by atoms with van der Waals surface area (Å²) in [5.74, 6) is 0. The van der Waals surface area contributed by atoms with E-state index in [2.05, 4.69) is 38.4 Å². The average Bonchev–Trinajstić information content (AvgIpc) is 2.75. The van der Waals surface area contributed by atoms with Crippen LogP contribution in [0.25, 0.3) is 0 Å². The van der Waals surface area contributed by atoms with E-state index in [0.717, 1.165) is 22.4 Å². The molecule has 86 valence electrons. The van der Waals surface area contributed by atoms with E-state index in [4.69, 9.17) is 5.26 Å². The van der Waals surface area contributed by atoms with Crippen molar-refractivity contribution in [3.63, 3.8) is 0 Å². The van der Waals surface area contributed by atoms with Gasteiger partial charge in [-0.15, -0.1) is 11.3 Å². The maximum atomic E-state index is 8.72. The number of rotatable bonds is 4. The third-order valence-electron chi connectivity index (χ3n) is 2.20. The van der Waals surface area contributed by atoms with Gasteiger partial charge in [-0.3, -0.25) is 0 Å². The molecule has 0 unspecified atom stereocenters. The van der Waals surface area contributed by atoms with Gasteiger partial charge in [0.15, 0.2) is 0 Å². The summed E-state index contributed by atoms with van der Waals surface area (Å²) in [6.07, 6.45) is 2.61. The zero-order valence-corrected chi connectivity index (χ0v) is 11.4. The molecule has 17 heavy (non-hydrogen) atoms. The zero-order valence-electron chi connectivity index (χ0n) is 8.98. The number of nitrogens with one attached hydrogen (secondary N) is 1. The van der Waals surface area contributed by atoms with Gasteiger partial charge in [0.2, 0.25) is 0 Å². The molecule has 0 aliphatic heterocycles. The molecular formula is C12H10BrN3S. The Morgan fingerprint density at radius 3 is 3.00 bits per heavy atom. The zero-order chi connectivity index (χ0) is 12.1. The molecule has 0 aliphatic rings. The molecule has 2 heterocycles. The van der Waals surface area contributed by atoms with Crippen molar-refractivity contribution in [2.45, 2.75) is 6.42 Å². The van der Waals surface area contributed by atoms with Gasteiger partial charge in [-0.05, 0) is 46.6 Å². The smallest absolute Gasteiger partial charge is 0.142 e. The van der Waals surface area contributed by atoms with Gasteiger partial charge in [0.05, 0.1) is 3.79 Å². The van der Waals surface area contributed by atoms with Crippen molar-refractivity contribution in [3.05, 3.63) is 44.8 Å². The first-order valence-corrected chi connectivity index (χ1v) is 6.73. The maximum absolute atomic E-state index is 8.72. The second-order valence-corrected chi connectivity index (χ2v) is 5.97. The Kier molecular flexibility index (Phi) is 4.13. The lowest BCUT2D eigenvalue weighted by Crippen LogP contribution is -2.04. The first-order chi connectivity index (χ1) is 8.28. The molecule has 0 saturated heterocycles. The van der Waals surface area contributed by atoms with Gasteiger partial charge in [0.25, 0.3) is 0 Å². The average molecular weight is 308 g/mol. The van der Waals surface area contributed by atoms with Crippen molar-refractivity contribution < 1.29 is 0 Å². The standard InChI is InChI=1S/C12H10BrN3S/c13-12-2-1-11(17-12)4-6-15-9-3-5-16-10(7-9)8-14/h1-3,5,7H,4,6H2,(H,15,16). The molecule has 3 nitrogen and oxygen atoms in total. The predicted octanol–water partition coefficient (Wildman–Crippen LogP) is 3.43. The van der Waals surface area contributed by atoms with Crippen molar-refractivity contribution in [1.29, 1.82) is 5.26 Å². The molecule has 5 heteroatoms. The summed E-state index contributed by atoms with van der Waals surface area (Å²) >= 11 is 5.18. The second-order valence-electron chi connectivity index (χ2n) is 3.42. The fraction of sp³-hybridized carbons (Fsp3) is 0.167. The van der Waals surface area contributed by atoms with Crippen LogP contribution in [0.1, 0.15) is 10.6 Å². The topological polar surface area (TPSA) is 48.7 Å². The Morgan fingerprint density at radius 2 is 2.29 bits per heavy atom. The van der Waals surface area contributed by atoms with Crippen molar-refractivity contribution >= 4 is 33.0 Å². The fourth-order valence-corrected chi connectivity index (χ4v) is 2.90. The van der Waals surface area contributed by atoms with Gasteiger partial charge in [-0.25, -0.2) is 4.98 Å². The molecule has 0 fully saturated rings. The maximum Gasteiger partial charge on any atom is 0.142 e. The SMILES string of the molecule is N#Cc1cc(NCCc2ccc(Br)s2)ccn1. The number of aromatic nitrogens is 1. The Hall–Kier alpha value is -1.38. The van der Waals surface area contributed by atoms with Gasteiger partial charge in [-0.2, -0.15) is 5.26 Å². The number of hydrogen-bond acceptors (Lipinski definition) is 4. The van der Waals surface area contributed by atoms with E-state index in [1.54, 1.807) is 23.6 Å². The van der Waals surface area contributed by atoms with Crippen LogP contribution in [0.3, 0.4) is 0 Å². The molecule has 2 aromatic heterocycles. The highest BCUT2D eigenvalue weighted by molar-refractivity contribution is 9.11. The van der Waals surface area contributed by atoms with E-state index in [9.17, 15) is 0 Å². The van der Waals surface area contributed by atoms with Crippen molar-refractivity contribution in [1.82, 2.24) is 4.98 Å². The number of halogens is 1.